The minimum Gasteiger partial charge on any atom is -0.421 e. The van der Waals surface area contributed by atoms with E-state index in [1.165, 1.54) is 18.2 Å². The maximum absolute atomic E-state index is 13.1. The number of aryl methyl sites for hydroxylation is 1. The zero-order valence-corrected chi connectivity index (χ0v) is 16.4. The summed E-state index contributed by atoms with van der Waals surface area (Å²) in [7, 11) is 0. The second-order valence-corrected chi connectivity index (χ2v) is 6.84. The molecule has 29 heavy (non-hydrogen) atoms. The summed E-state index contributed by atoms with van der Waals surface area (Å²) in [6.45, 7) is 1.73. The Morgan fingerprint density at radius 3 is 2.48 bits per heavy atom. The molecule has 0 spiro atoms. The Labute approximate surface area is 174 Å². The van der Waals surface area contributed by atoms with Crippen LogP contribution < -0.4 is 10.1 Å². The monoisotopic (exact) mass is 440 g/mol. The number of halogens is 5. The first-order chi connectivity index (χ1) is 13.6. The van der Waals surface area contributed by atoms with Crippen LogP contribution in [0.4, 0.5) is 24.7 Å². The number of hydrogen-bond acceptors (Lipinski definition) is 4. The van der Waals surface area contributed by atoms with Crippen LogP contribution in [-0.4, -0.2) is 11.0 Å². The van der Waals surface area contributed by atoms with E-state index in [2.05, 4.69) is 10.3 Å². The number of alkyl halides is 3. The molecule has 0 radical (unpaired) electrons. The zero-order valence-electron chi connectivity index (χ0n) is 14.8. The molecule has 2 aromatic carbocycles. The van der Waals surface area contributed by atoms with Crippen molar-refractivity contribution in [3.05, 3.63) is 81.5 Å². The van der Waals surface area contributed by atoms with Gasteiger partial charge in [-0.15, -0.1) is 0 Å². The number of rotatable bonds is 4. The molecule has 3 aromatic rings. The molecular formula is C20H13Cl2F3N2O2. The van der Waals surface area contributed by atoms with Crippen molar-refractivity contribution in [2.24, 2.45) is 0 Å². The van der Waals surface area contributed by atoms with Gasteiger partial charge >= 0.3 is 12.1 Å². The Bertz CT molecular complexity index is 1070. The van der Waals surface area contributed by atoms with Crippen molar-refractivity contribution < 1.29 is 22.7 Å². The molecule has 0 bridgehead atoms. The first-order valence-corrected chi connectivity index (χ1v) is 8.99. The van der Waals surface area contributed by atoms with Crippen molar-refractivity contribution in [1.29, 1.82) is 0 Å². The number of ether oxygens (including phenoxy) is 1. The molecule has 9 heteroatoms. The average Bonchev–Trinajstić information content (AvgIpc) is 2.65. The topological polar surface area (TPSA) is 51.2 Å². The van der Waals surface area contributed by atoms with Crippen LogP contribution in [0.3, 0.4) is 0 Å². The Balaban J connectivity index is 2.03. The van der Waals surface area contributed by atoms with Crippen LogP contribution in [0.2, 0.25) is 10.0 Å². The standard InChI is InChI=1S/C20H13Cl2F3N2O2/c1-11-6-7-12(21)10-15(11)26-18-13(8-9-17(27-18)20(23,24)25)19(28)29-16-5-3-2-4-14(16)22/h2-10H,1H3,(H,26,27). The smallest absolute Gasteiger partial charge is 0.421 e. The minimum absolute atomic E-state index is 0.0731. The lowest BCUT2D eigenvalue weighted by atomic mass is 10.1. The molecule has 4 nitrogen and oxygen atoms in total. The molecule has 0 fully saturated rings. The third kappa shape index (κ3) is 4.99. The van der Waals surface area contributed by atoms with Crippen molar-refractivity contribution in [2.45, 2.75) is 13.1 Å². The highest BCUT2D eigenvalue weighted by atomic mass is 35.5. The van der Waals surface area contributed by atoms with E-state index >= 15 is 0 Å². The Morgan fingerprint density at radius 1 is 1.07 bits per heavy atom. The van der Waals surface area contributed by atoms with Crippen molar-refractivity contribution in [2.75, 3.05) is 5.32 Å². The van der Waals surface area contributed by atoms with E-state index in [1.54, 1.807) is 31.2 Å². The Hall–Kier alpha value is -2.77. The summed E-state index contributed by atoms with van der Waals surface area (Å²) in [6.07, 6.45) is -4.69. The van der Waals surface area contributed by atoms with Gasteiger partial charge in [0.2, 0.25) is 0 Å². The highest BCUT2D eigenvalue weighted by Crippen LogP contribution is 2.32. The molecule has 1 aromatic heterocycles. The van der Waals surface area contributed by atoms with Gasteiger partial charge in [0, 0.05) is 10.7 Å². The number of aromatic nitrogens is 1. The van der Waals surface area contributed by atoms with Gasteiger partial charge in [0.05, 0.1) is 5.02 Å². The maximum atomic E-state index is 13.1. The van der Waals surface area contributed by atoms with E-state index in [9.17, 15) is 18.0 Å². The fourth-order valence-corrected chi connectivity index (χ4v) is 2.76. The van der Waals surface area contributed by atoms with Crippen molar-refractivity contribution in [3.8, 4) is 5.75 Å². The van der Waals surface area contributed by atoms with Gasteiger partial charge in [-0.2, -0.15) is 13.2 Å². The molecule has 0 aliphatic heterocycles. The molecule has 0 amide bonds. The van der Waals surface area contributed by atoms with Crippen LogP contribution in [0, 0.1) is 6.92 Å². The summed E-state index contributed by atoms with van der Waals surface area (Å²) in [6, 6.07) is 12.8. The minimum atomic E-state index is -4.69. The van der Waals surface area contributed by atoms with Gasteiger partial charge in [0.25, 0.3) is 0 Å². The number of nitrogens with one attached hydrogen (secondary N) is 1. The second kappa shape index (κ2) is 8.31. The average molecular weight is 441 g/mol. The van der Waals surface area contributed by atoms with Crippen molar-refractivity contribution in [3.63, 3.8) is 0 Å². The van der Waals surface area contributed by atoms with E-state index in [4.69, 9.17) is 27.9 Å². The van der Waals surface area contributed by atoms with Crippen LogP contribution in [-0.2, 0) is 6.18 Å². The van der Waals surface area contributed by atoms with E-state index in [0.29, 0.717) is 22.3 Å². The molecule has 0 atom stereocenters. The Kier molecular flexibility index (Phi) is 6.00. The van der Waals surface area contributed by atoms with Crippen LogP contribution in [0.25, 0.3) is 0 Å². The molecular weight excluding hydrogens is 428 g/mol. The fourth-order valence-electron chi connectivity index (χ4n) is 2.42. The Morgan fingerprint density at radius 2 is 1.79 bits per heavy atom. The normalized spacial score (nSPS) is 11.2. The summed E-state index contributed by atoms with van der Waals surface area (Å²) in [5.41, 5.74) is -0.263. The summed E-state index contributed by atoms with van der Waals surface area (Å²) >= 11 is 11.9. The van der Waals surface area contributed by atoms with Crippen LogP contribution >= 0.6 is 23.2 Å². The van der Waals surface area contributed by atoms with E-state index in [-0.39, 0.29) is 22.2 Å². The number of hydrogen-bond donors (Lipinski definition) is 1. The number of carbonyl (C=O) groups excluding carboxylic acids is 1. The molecule has 3 rings (SSSR count). The number of benzene rings is 2. The van der Waals surface area contributed by atoms with Crippen LogP contribution in [0.1, 0.15) is 21.6 Å². The first-order valence-electron chi connectivity index (χ1n) is 8.23. The molecule has 1 heterocycles. The molecule has 150 valence electrons. The lowest BCUT2D eigenvalue weighted by Crippen LogP contribution is -2.16. The molecule has 1 N–H and O–H groups in total. The first kappa shape index (κ1) is 21.0. The number of nitrogens with zero attached hydrogens (tertiary/aromatic N) is 1. The zero-order chi connectivity index (χ0) is 21.2. The number of para-hydroxylation sites is 1. The summed E-state index contributed by atoms with van der Waals surface area (Å²) < 4.78 is 44.6. The maximum Gasteiger partial charge on any atom is 0.433 e. The lowest BCUT2D eigenvalue weighted by Gasteiger charge is -2.15. The third-order valence-corrected chi connectivity index (χ3v) is 4.44. The summed E-state index contributed by atoms with van der Waals surface area (Å²) in [5.74, 6) is -1.16. The predicted octanol–water partition coefficient (Wildman–Crippen LogP) is 6.68. The molecule has 0 aliphatic carbocycles. The highest BCUT2D eigenvalue weighted by Gasteiger charge is 2.34. The van der Waals surface area contributed by atoms with E-state index in [0.717, 1.165) is 6.07 Å². The molecule has 0 saturated heterocycles. The second-order valence-electron chi connectivity index (χ2n) is 5.99. The van der Waals surface area contributed by atoms with Gasteiger partial charge in [0.1, 0.15) is 22.8 Å². The van der Waals surface area contributed by atoms with Crippen LogP contribution in [0.5, 0.6) is 5.75 Å². The molecule has 0 saturated carbocycles. The fraction of sp³-hybridized carbons (Fsp3) is 0.100. The van der Waals surface area contributed by atoms with Gasteiger partial charge in [0.15, 0.2) is 0 Å². The summed E-state index contributed by atoms with van der Waals surface area (Å²) in [4.78, 5) is 16.2. The van der Waals surface area contributed by atoms with Gasteiger partial charge in [-0.05, 0) is 48.9 Å². The van der Waals surface area contributed by atoms with Gasteiger partial charge in [-0.1, -0.05) is 41.4 Å². The number of carbonyl (C=O) groups is 1. The summed E-state index contributed by atoms with van der Waals surface area (Å²) in [5, 5.41) is 3.29. The van der Waals surface area contributed by atoms with Crippen molar-refractivity contribution in [1.82, 2.24) is 4.98 Å². The largest absolute Gasteiger partial charge is 0.433 e. The lowest BCUT2D eigenvalue weighted by molar-refractivity contribution is -0.141. The predicted molar refractivity (Wildman–Crippen MR) is 105 cm³/mol. The molecule has 0 aliphatic rings. The van der Waals surface area contributed by atoms with E-state index in [1.807, 2.05) is 0 Å². The third-order valence-electron chi connectivity index (χ3n) is 3.90. The van der Waals surface area contributed by atoms with Crippen molar-refractivity contribution >= 4 is 40.7 Å². The van der Waals surface area contributed by atoms with Gasteiger partial charge < -0.3 is 10.1 Å². The SMILES string of the molecule is Cc1ccc(Cl)cc1Nc1nc(C(F)(F)F)ccc1C(=O)Oc1ccccc1Cl. The number of pyridine rings is 1. The highest BCUT2D eigenvalue weighted by molar-refractivity contribution is 6.32. The number of anilines is 2. The van der Waals surface area contributed by atoms with Gasteiger partial charge in [-0.25, -0.2) is 9.78 Å². The number of esters is 1. The quantitative estimate of drug-likeness (QED) is 0.363. The van der Waals surface area contributed by atoms with Gasteiger partial charge in [-0.3, -0.25) is 0 Å². The van der Waals surface area contributed by atoms with E-state index < -0.39 is 17.8 Å². The van der Waals surface area contributed by atoms with Crippen LogP contribution in [0.15, 0.2) is 54.6 Å². The molecule has 0 unspecified atom stereocenters.